The highest BCUT2D eigenvalue weighted by molar-refractivity contribution is 14.1. The maximum absolute atomic E-state index is 15.0. The van der Waals surface area contributed by atoms with E-state index in [0.29, 0.717) is 6.47 Å². The summed E-state index contributed by atoms with van der Waals surface area (Å²) in [6.07, 6.45) is -3.34. The molecule has 34 heavy (non-hydrogen) atoms. The zero-order valence-electron chi connectivity index (χ0n) is 22.5. The van der Waals surface area contributed by atoms with Gasteiger partial charge in [-0.25, -0.2) is 4.39 Å². The van der Waals surface area contributed by atoms with Gasteiger partial charge >= 0.3 is 23.1 Å². The molecule has 4 atom stereocenters. The van der Waals surface area contributed by atoms with Crippen molar-refractivity contribution >= 4 is 52.2 Å². The first-order valence-electron chi connectivity index (χ1n) is 12.1. The Kier molecular flexibility index (Phi) is 11.7. The van der Waals surface area contributed by atoms with E-state index < -0.39 is 51.0 Å². The van der Waals surface area contributed by atoms with Gasteiger partial charge in [0.2, 0.25) is 0 Å². The van der Waals surface area contributed by atoms with Gasteiger partial charge in [-0.05, 0) is 65.5 Å². The van der Waals surface area contributed by atoms with Crippen molar-refractivity contribution in [2.45, 2.75) is 121 Å². The van der Waals surface area contributed by atoms with E-state index in [0.717, 1.165) is 0 Å². The van der Waals surface area contributed by atoms with Gasteiger partial charge in [-0.2, -0.15) is 0 Å². The molecule has 0 aliphatic carbocycles. The average molecular weight is 635 g/mol. The molecular formula is C23H44FIO7Si2. The first kappa shape index (κ1) is 31.9. The molecule has 0 bridgehead atoms. The van der Waals surface area contributed by atoms with E-state index in [2.05, 4.69) is 27.7 Å². The molecule has 7 nitrogen and oxygen atoms in total. The van der Waals surface area contributed by atoms with Crippen LogP contribution >= 0.6 is 22.6 Å². The van der Waals surface area contributed by atoms with Crippen LogP contribution in [0.25, 0.3) is 0 Å². The third-order valence-electron chi connectivity index (χ3n) is 6.36. The Hall–Kier alpha value is -0.0862. The molecule has 1 heterocycles. The minimum Gasteiger partial charge on any atom is -0.459 e. The molecule has 1 aliphatic heterocycles. The normalized spacial score (nSPS) is 25.1. The van der Waals surface area contributed by atoms with Gasteiger partial charge in [0.05, 0.1) is 12.0 Å². The zero-order valence-corrected chi connectivity index (χ0v) is 26.7. The summed E-state index contributed by atoms with van der Waals surface area (Å²) in [4.78, 5) is 24.3. The molecular weight excluding hydrogens is 590 g/mol. The summed E-state index contributed by atoms with van der Waals surface area (Å²) in [5.74, 6) is -0.566. The zero-order chi connectivity index (χ0) is 26.6. The van der Waals surface area contributed by atoms with E-state index in [-0.39, 0.29) is 28.8 Å². The molecule has 0 N–H and O–H groups in total. The maximum Gasteiger partial charge on any atom is 0.335 e. The third kappa shape index (κ3) is 7.02. The molecule has 0 radical (unpaired) electrons. The smallest absolute Gasteiger partial charge is 0.335 e. The van der Waals surface area contributed by atoms with Crippen molar-refractivity contribution in [3.63, 3.8) is 0 Å². The Morgan fingerprint density at radius 1 is 1.00 bits per heavy atom. The van der Waals surface area contributed by atoms with Gasteiger partial charge in [-0.1, -0.05) is 55.4 Å². The SMILES string of the molecule is CC(C)[Si]1(C(C)C)OC[C@@H](OC=O)[C@@H]([C@H](OC(=O)C(C)(C)C)C(F)I)O[Si](C(C)C)(C(C)C)O1. The minimum atomic E-state index is -3.14. The van der Waals surface area contributed by atoms with Crippen molar-refractivity contribution in [2.75, 3.05) is 6.61 Å². The number of alkyl halides is 2. The quantitative estimate of drug-likeness (QED) is 0.0987. The van der Waals surface area contributed by atoms with E-state index in [4.69, 9.17) is 22.4 Å². The van der Waals surface area contributed by atoms with E-state index in [1.807, 2.05) is 27.7 Å². The fourth-order valence-electron chi connectivity index (χ4n) is 4.34. The van der Waals surface area contributed by atoms with Crippen LogP contribution in [0.5, 0.6) is 0 Å². The molecule has 1 aliphatic rings. The molecule has 1 saturated heterocycles. The summed E-state index contributed by atoms with van der Waals surface area (Å²) in [7, 11) is -6.01. The summed E-state index contributed by atoms with van der Waals surface area (Å²) in [6, 6.07) is 0. The van der Waals surface area contributed by atoms with Gasteiger partial charge in [0.15, 0.2) is 16.4 Å². The van der Waals surface area contributed by atoms with Crippen LogP contribution in [0.3, 0.4) is 0 Å². The predicted octanol–water partition coefficient (Wildman–Crippen LogP) is 6.17. The highest BCUT2D eigenvalue weighted by Gasteiger charge is 2.60. The Morgan fingerprint density at radius 2 is 1.47 bits per heavy atom. The molecule has 0 aromatic carbocycles. The number of halogens is 2. The molecule has 11 heteroatoms. The first-order chi connectivity index (χ1) is 15.5. The van der Waals surface area contributed by atoms with Crippen molar-refractivity contribution in [3.8, 4) is 0 Å². The average Bonchev–Trinajstić information content (AvgIpc) is 2.67. The van der Waals surface area contributed by atoms with Crippen LogP contribution in [-0.4, -0.2) is 58.7 Å². The highest BCUT2D eigenvalue weighted by Crippen LogP contribution is 2.47. The minimum absolute atomic E-state index is 0.0239. The first-order valence-corrected chi connectivity index (χ1v) is 17.2. The van der Waals surface area contributed by atoms with Crippen molar-refractivity contribution in [1.82, 2.24) is 0 Å². The Morgan fingerprint density at radius 3 is 1.82 bits per heavy atom. The summed E-state index contributed by atoms with van der Waals surface area (Å²) in [5, 5.41) is 0. The van der Waals surface area contributed by atoms with Crippen LogP contribution in [0.2, 0.25) is 22.2 Å². The third-order valence-corrected chi connectivity index (χ3v) is 17.3. The molecule has 0 amide bonds. The predicted molar refractivity (Wildman–Crippen MR) is 143 cm³/mol. The summed E-state index contributed by atoms with van der Waals surface area (Å²) in [6.45, 7) is 21.8. The fourth-order valence-corrected chi connectivity index (χ4v) is 16.1. The highest BCUT2D eigenvalue weighted by atomic mass is 127. The number of ether oxygens (including phenoxy) is 2. The molecule has 0 aromatic heterocycles. The lowest BCUT2D eigenvalue weighted by Crippen LogP contribution is -2.67. The van der Waals surface area contributed by atoms with Crippen molar-refractivity contribution in [2.24, 2.45) is 5.41 Å². The van der Waals surface area contributed by atoms with Crippen LogP contribution in [0, 0.1) is 5.41 Å². The van der Waals surface area contributed by atoms with Crippen LogP contribution in [-0.2, 0) is 32.0 Å². The second kappa shape index (κ2) is 12.4. The number of esters is 1. The van der Waals surface area contributed by atoms with Crippen LogP contribution in [0.15, 0.2) is 0 Å². The summed E-state index contributed by atoms with van der Waals surface area (Å²) in [5.41, 5.74) is -0.696. The van der Waals surface area contributed by atoms with E-state index in [9.17, 15) is 9.59 Å². The Bertz CT molecular complexity index is 667. The standard InChI is InChI=1S/C23H44FIO7Si2/c1-14(2)33(15(3)4)29-12-18(28-13-26)19(31-34(32-33,16(5)6)17(7)8)20(21(24)25)30-22(27)23(9,10)11/h13-21H,12H2,1-11H3/t18-,19+,20+,21?/m1/s1. The van der Waals surface area contributed by atoms with Crippen molar-refractivity contribution in [1.29, 1.82) is 0 Å². The summed E-state index contributed by atoms with van der Waals surface area (Å²) < 4.78 is 45.0. The lowest BCUT2D eigenvalue weighted by atomic mass is 9.97. The largest absolute Gasteiger partial charge is 0.459 e. The lowest BCUT2D eigenvalue weighted by Gasteiger charge is -2.52. The number of carbonyl (C=O) groups excluding carboxylic acids is 2. The van der Waals surface area contributed by atoms with Crippen LogP contribution < -0.4 is 0 Å². The Balaban J connectivity index is 3.73. The van der Waals surface area contributed by atoms with Gasteiger partial charge in [0, 0.05) is 0 Å². The van der Waals surface area contributed by atoms with Crippen molar-refractivity contribution < 1.29 is 36.4 Å². The fraction of sp³-hybridized carbons (Fsp3) is 0.913. The molecule has 0 aromatic rings. The van der Waals surface area contributed by atoms with Gasteiger partial charge in [0.25, 0.3) is 6.47 Å². The molecule has 1 rings (SSSR count). The monoisotopic (exact) mass is 634 g/mol. The second-order valence-corrected chi connectivity index (χ2v) is 21.3. The van der Waals surface area contributed by atoms with E-state index >= 15 is 4.39 Å². The van der Waals surface area contributed by atoms with E-state index in [1.54, 1.807) is 43.4 Å². The topological polar surface area (TPSA) is 80.3 Å². The molecule has 1 unspecified atom stereocenters. The van der Waals surface area contributed by atoms with Crippen molar-refractivity contribution in [3.05, 3.63) is 0 Å². The molecule has 0 spiro atoms. The van der Waals surface area contributed by atoms with Gasteiger partial charge in [-0.15, -0.1) is 0 Å². The number of rotatable bonds is 9. The molecule has 0 saturated carbocycles. The lowest BCUT2D eigenvalue weighted by molar-refractivity contribution is -0.177. The molecule has 1 fully saturated rings. The summed E-state index contributed by atoms with van der Waals surface area (Å²) >= 11 is 1.58. The Labute approximate surface area is 220 Å². The van der Waals surface area contributed by atoms with Gasteiger partial charge in [-0.3, -0.25) is 9.59 Å². The number of hydrogen-bond donors (Lipinski definition) is 0. The second-order valence-electron chi connectivity index (χ2n) is 11.3. The molecule has 200 valence electrons. The van der Waals surface area contributed by atoms with Crippen LogP contribution in [0.4, 0.5) is 4.39 Å². The van der Waals surface area contributed by atoms with Gasteiger partial charge in [0.1, 0.15) is 6.10 Å². The van der Waals surface area contributed by atoms with E-state index in [1.165, 1.54) is 0 Å². The maximum atomic E-state index is 15.0. The van der Waals surface area contributed by atoms with Gasteiger partial charge < -0.3 is 22.4 Å². The number of hydrogen-bond acceptors (Lipinski definition) is 7. The number of carbonyl (C=O) groups is 2. The van der Waals surface area contributed by atoms with Crippen LogP contribution in [0.1, 0.15) is 76.2 Å².